The van der Waals surface area contributed by atoms with Gasteiger partial charge in [-0.3, -0.25) is 9.59 Å². The van der Waals surface area contributed by atoms with Gasteiger partial charge < -0.3 is 14.7 Å². The third kappa shape index (κ3) is 4.12. The van der Waals surface area contributed by atoms with Crippen LogP contribution in [0.1, 0.15) is 34.4 Å². The minimum absolute atomic E-state index is 0.0664. The average molecular weight is 415 g/mol. The van der Waals surface area contributed by atoms with E-state index < -0.39 is 5.82 Å². The number of hydrogen-bond acceptors (Lipinski definition) is 5. The van der Waals surface area contributed by atoms with Crippen LogP contribution >= 0.6 is 11.6 Å². The second-order valence-electron chi connectivity index (χ2n) is 6.60. The molecule has 1 atom stereocenters. The maximum atomic E-state index is 14.2. The van der Waals surface area contributed by atoms with E-state index in [1.54, 1.807) is 24.3 Å². The molecule has 3 aromatic rings. The predicted molar refractivity (Wildman–Crippen MR) is 103 cm³/mol. The number of amides is 2. The Bertz CT molecular complexity index is 1060. The molecule has 0 saturated carbocycles. The van der Waals surface area contributed by atoms with E-state index in [4.69, 9.17) is 16.1 Å². The zero-order valence-corrected chi connectivity index (χ0v) is 15.9. The van der Waals surface area contributed by atoms with Crippen LogP contribution in [0.2, 0.25) is 5.02 Å². The van der Waals surface area contributed by atoms with Gasteiger partial charge >= 0.3 is 0 Å². The number of carbonyl (C=O) groups excluding carboxylic acids is 2. The Hall–Kier alpha value is -3.26. The summed E-state index contributed by atoms with van der Waals surface area (Å²) in [5.74, 6) is -0.818. The lowest BCUT2D eigenvalue weighted by Crippen LogP contribution is -2.25. The lowest BCUT2D eigenvalue weighted by molar-refractivity contribution is -0.117. The zero-order chi connectivity index (χ0) is 20.4. The molecular weight excluding hydrogens is 399 g/mol. The normalized spacial score (nSPS) is 16.3. The van der Waals surface area contributed by atoms with Crippen molar-refractivity contribution in [3.63, 3.8) is 0 Å². The monoisotopic (exact) mass is 414 g/mol. The number of nitrogens with one attached hydrogen (secondary N) is 1. The standard InChI is InChI=1S/C20H16ClFN4O3/c21-14-6-7-16(15(22)9-14)26-11-13(8-18(26)27)19-24-17(29-25-19)10-23-20(28)12-4-2-1-3-5-12/h1-7,9,13H,8,10-11H2,(H,23,28). The molecule has 2 heterocycles. The van der Waals surface area contributed by atoms with E-state index in [0.717, 1.165) is 0 Å². The molecule has 1 aromatic heterocycles. The molecule has 0 spiro atoms. The Labute approximate surface area is 170 Å². The summed E-state index contributed by atoms with van der Waals surface area (Å²) in [6, 6.07) is 12.9. The van der Waals surface area contributed by atoms with Gasteiger partial charge in [-0.2, -0.15) is 4.98 Å². The summed E-state index contributed by atoms with van der Waals surface area (Å²) in [5, 5.41) is 6.88. The fourth-order valence-corrected chi connectivity index (χ4v) is 3.33. The summed E-state index contributed by atoms with van der Waals surface area (Å²) in [7, 11) is 0. The molecule has 1 aliphatic rings. The highest BCUT2D eigenvalue weighted by Gasteiger charge is 2.35. The number of carbonyl (C=O) groups is 2. The fourth-order valence-electron chi connectivity index (χ4n) is 3.17. The van der Waals surface area contributed by atoms with Gasteiger partial charge in [-0.25, -0.2) is 4.39 Å². The first-order chi connectivity index (χ1) is 14.0. The molecule has 2 amide bonds. The van der Waals surface area contributed by atoms with E-state index in [0.29, 0.717) is 11.4 Å². The minimum atomic E-state index is -0.566. The molecule has 2 aromatic carbocycles. The van der Waals surface area contributed by atoms with Gasteiger partial charge in [0.2, 0.25) is 11.8 Å². The molecule has 29 heavy (non-hydrogen) atoms. The number of benzene rings is 2. The molecule has 7 nitrogen and oxygen atoms in total. The van der Waals surface area contributed by atoms with Crippen LogP contribution in [-0.4, -0.2) is 28.5 Å². The Morgan fingerprint density at radius 1 is 1.28 bits per heavy atom. The average Bonchev–Trinajstić information content (AvgIpc) is 3.34. The van der Waals surface area contributed by atoms with Gasteiger partial charge in [0.15, 0.2) is 5.82 Å². The second kappa shape index (κ2) is 8.00. The first kappa shape index (κ1) is 19.1. The Balaban J connectivity index is 1.41. The number of nitrogens with zero attached hydrogens (tertiary/aromatic N) is 3. The number of aromatic nitrogens is 2. The van der Waals surface area contributed by atoms with Gasteiger partial charge in [0, 0.05) is 29.5 Å². The zero-order valence-electron chi connectivity index (χ0n) is 15.1. The number of halogens is 2. The van der Waals surface area contributed by atoms with Gasteiger partial charge in [0.1, 0.15) is 5.82 Å². The number of rotatable bonds is 5. The number of anilines is 1. The smallest absolute Gasteiger partial charge is 0.251 e. The lowest BCUT2D eigenvalue weighted by Gasteiger charge is -2.17. The van der Waals surface area contributed by atoms with Crippen LogP contribution in [0.4, 0.5) is 10.1 Å². The molecule has 148 valence electrons. The first-order valence-corrected chi connectivity index (χ1v) is 9.30. The van der Waals surface area contributed by atoms with Crippen molar-refractivity contribution in [1.82, 2.24) is 15.5 Å². The molecule has 4 rings (SSSR count). The first-order valence-electron chi connectivity index (χ1n) is 8.92. The molecule has 0 bridgehead atoms. The molecule has 1 fully saturated rings. The van der Waals surface area contributed by atoms with Gasteiger partial charge in [-0.05, 0) is 30.3 Å². The fraction of sp³-hybridized carbons (Fsp3) is 0.200. The summed E-state index contributed by atoms with van der Waals surface area (Å²) >= 11 is 5.77. The highest BCUT2D eigenvalue weighted by Crippen LogP contribution is 2.32. The lowest BCUT2D eigenvalue weighted by atomic mass is 10.1. The van der Waals surface area contributed by atoms with Gasteiger partial charge in [0.05, 0.1) is 12.2 Å². The van der Waals surface area contributed by atoms with E-state index in [9.17, 15) is 14.0 Å². The molecule has 0 radical (unpaired) electrons. The van der Waals surface area contributed by atoms with Crippen LogP contribution in [0, 0.1) is 5.82 Å². The van der Waals surface area contributed by atoms with E-state index in [1.165, 1.54) is 23.1 Å². The van der Waals surface area contributed by atoms with Crippen LogP contribution < -0.4 is 10.2 Å². The van der Waals surface area contributed by atoms with Crippen molar-refractivity contribution in [2.45, 2.75) is 18.9 Å². The highest BCUT2D eigenvalue weighted by atomic mass is 35.5. The van der Waals surface area contributed by atoms with Gasteiger partial charge in [-0.1, -0.05) is 35.0 Å². The van der Waals surface area contributed by atoms with Crippen LogP contribution in [0.15, 0.2) is 53.1 Å². The SMILES string of the molecule is O=C(NCc1nc(C2CC(=O)N(c3ccc(Cl)cc3F)C2)no1)c1ccccc1. The maximum Gasteiger partial charge on any atom is 0.251 e. The van der Waals surface area contributed by atoms with E-state index in [2.05, 4.69) is 15.5 Å². The summed E-state index contributed by atoms with van der Waals surface area (Å²) in [4.78, 5) is 30.1. The van der Waals surface area contributed by atoms with Crippen LogP contribution in [-0.2, 0) is 11.3 Å². The topological polar surface area (TPSA) is 88.3 Å². The summed E-state index contributed by atoms with van der Waals surface area (Å²) in [5.41, 5.74) is 0.690. The highest BCUT2D eigenvalue weighted by molar-refractivity contribution is 6.30. The summed E-state index contributed by atoms with van der Waals surface area (Å²) < 4.78 is 19.3. The van der Waals surface area contributed by atoms with Crippen molar-refractivity contribution in [2.75, 3.05) is 11.4 Å². The third-order valence-corrected chi connectivity index (χ3v) is 4.85. The molecule has 1 unspecified atom stereocenters. The van der Waals surface area contributed by atoms with Gasteiger partial charge in [-0.15, -0.1) is 0 Å². The van der Waals surface area contributed by atoms with Crippen LogP contribution in [0.3, 0.4) is 0 Å². The Morgan fingerprint density at radius 2 is 2.07 bits per heavy atom. The van der Waals surface area contributed by atoms with Crippen molar-refractivity contribution in [2.24, 2.45) is 0 Å². The van der Waals surface area contributed by atoms with Crippen molar-refractivity contribution in [3.05, 3.63) is 76.6 Å². The Morgan fingerprint density at radius 3 is 2.83 bits per heavy atom. The van der Waals surface area contributed by atoms with E-state index >= 15 is 0 Å². The third-order valence-electron chi connectivity index (χ3n) is 4.61. The number of hydrogen-bond donors (Lipinski definition) is 1. The molecule has 1 saturated heterocycles. The molecule has 9 heteroatoms. The second-order valence-corrected chi connectivity index (χ2v) is 7.03. The van der Waals surface area contributed by atoms with Crippen molar-refractivity contribution in [3.8, 4) is 0 Å². The van der Waals surface area contributed by atoms with Crippen molar-refractivity contribution < 1.29 is 18.5 Å². The molecular formula is C20H16ClFN4O3. The van der Waals surface area contributed by atoms with E-state index in [-0.39, 0.29) is 53.8 Å². The Kier molecular flexibility index (Phi) is 5.26. The largest absolute Gasteiger partial charge is 0.343 e. The van der Waals surface area contributed by atoms with Crippen LogP contribution in [0.25, 0.3) is 0 Å². The maximum absolute atomic E-state index is 14.2. The molecule has 1 aliphatic heterocycles. The minimum Gasteiger partial charge on any atom is -0.343 e. The van der Waals surface area contributed by atoms with Crippen molar-refractivity contribution in [1.29, 1.82) is 0 Å². The molecule has 0 aliphatic carbocycles. The summed E-state index contributed by atoms with van der Waals surface area (Å²) in [6.45, 7) is 0.295. The quantitative estimate of drug-likeness (QED) is 0.692. The predicted octanol–water partition coefficient (Wildman–Crippen LogP) is 3.31. The molecule has 1 N–H and O–H groups in total. The van der Waals surface area contributed by atoms with Crippen molar-refractivity contribution >= 4 is 29.1 Å². The summed E-state index contributed by atoms with van der Waals surface area (Å²) in [6.07, 6.45) is 0.136. The van der Waals surface area contributed by atoms with E-state index in [1.807, 2.05) is 6.07 Å². The van der Waals surface area contributed by atoms with Crippen LogP contribution in [0.5, 0.6) is 0 Å². The van der Waals surface area contributed by atoms with Gasteiger partial charge in [0.25, 0.3) is 5.91 Å².